The van der Waals surface area contributed by atoms with Crippen LogP contribution in [0.5, 0.6) is 0 Å². The quantitative estimate of drug-likeness (QED) is 0.128. The molecule has 7 rings (SSSR count). The summed E-state index contributed by atoms with van der Waals surface area (Å²) in [6.45, 7) is 14.1. The molecule has 0 bridgehead atoms. The standard InChI is InChI=1S/C23H20N3O.C21H28N.Ir/c1-13-9-15-12-25-17-6-5-16(21-20(17)19(15)22(26-13)27-21)18-10-14(7-8-24-18)11-23(2,3)4;1-20(2,3)13-17-12-19(16-10-8-7-9-11-16)22-15-18(17)14-21(4,5)6;/h6-10,12H,11H2,1-4H3;7-10,12,15H,13-14H2,1-6H3;/q2*-1;/i1D3,11D2;13D2,14D2;. The molecule has 261 valence electrons. The minimum absolute atomic E-state index is 0. The van der Waals surface area contributed by atoms with Crippen molar-refractivity contribution in [2.75, 3.05) is 0 Å². The fourth-order valence-corrected chi connectivity index (χ4v) is 5.60. The van der Waals surface area contributed by atoms with Gasteiger partial charge in [-0.25, -0.2) is 4.98 Å². The van der Waals surface area contributed by atoms with Crippen LogP contribution in [-0.4, -0.2) is 19.9 Å². The van der Waals surface area contributed by atoms with E-state index >= 15 is 0 Å². The number of aryl methyl sites for hydroxylation is 1. The summed E-state index contributed by atoms with van der Waals surface area (Å²) in [5.74, 6) is 0. The molecule has 0 saturated carbocycles. The zero-order chi connectivity index (χ0) is 43.0. The minimum Gasteiger partial charge on any atom is -0.486 e. The SMILES string of the molecule is [2H]C([2H])([2H])c1cc2cnc3c[c-]c(-c4cc(C([2H])([2H])C(C)(C)C)ccn4)c4oc(n1)c2c34.[2H]C([2H])(c1cnc(-c2[c-]cccc2)cc1C([2H])([2H])C(C)(C)C)C(C)(C)C.[Ir]. The molecular formula is C44H48IrN4O-2. The zero-order valence-corrected chi connectivity index (χ0v) is 32.4. The Morgan fingerprint density at radius 1 is 0.760 bits per heavy atom. The Morgan fingerprint density at radius 2 is 1.50 bits per heavy atom. The first-order valence-electron chi connectivity index (χ1n) is 20.9. The van der Waals surface area contributed by atoms with Gasteiger partial charge >= 0.3 is 0 Å². The van der Waals surface area contributed by atoms with Crippen LogP contribution in [0.15, 0.2) is 77.6 Å². The molecule has 0 unspecified atom stereocenters. The van der Waals surface area contributed by atoms with E-state index in [4.69, 9.17) is 16.8 Å². The van der Waals surface area contributed by atoms with Gasteiger partial charge in [-0.1, -0.05) is 85.6 Å². The summed E-state index contributed by atoms with van der Waals surface area (Å²) in [4.78, 5) is 17.6. The third-order valence-corrected chi connectivity index (χ3v) is 7.32. The summed E-state index contributed by atoms with van der Waals surface area (Å²) in [7, 11) is 0. The van der Waals surface area contributed by atoms with E-state index in [1.807, 2.05) is 80.5 Å². The van der Waals surface area contributed by atoms with Gasteiger partial charge in [-0.3, -0.25) is 0 Å². The Morgan fingerprint density at radius 3 is 2.18 bits per heavy atom. The van der Waals surface area contributed by atoms with Crippen molar-refractivity contribution in [3.8, 4) is 22.5 Å². The molecule has 0 aliphatic rings. The number of nitrogens with zero attached hydrogens (tertiary/aromatic N) is 4. The number of pyridine rings is 4. The van der Waals surface area contributed by atoms with Crippen LogP contribution in [0.25, 0.3) is 55.5 Å². The first-order valence-corrected chi connectivity index (χ1v) is 16.4. The maximum Gasteiger partial charge on any atom is 0.217 e. The molecule has 0 N–H and O–H groups in total. The van der Waals surface area contributed by atoms with E-state index in [9.17, 15) is 0 Å². The van der Waals surface area contributed by atoms with Gasteiger partial charge in [0.25, 0.3) is 0 Å². The van der Waals surface area contributed by atoms with Crippen LogP contribution in [0.1, 0.15) is 97.0 Å². The Bertz CT molecular complexity index is 2600. The van der Waals surface area contributed by atoms with Gasteiger partial charge < -0.3 is 19.4 Å². The molecule has 5 nitrogen and oxygen atoms in total. The average Bonchev–Trinajstić information content (AvgIpc) is 3.53. The third kappa shape index (κ3) is 8.83. The molecule has 0 fully saturated rings. The van der Waals surface area contributed by atoms with E-state index in [2.05, 4.69) is 32.1 Å². The Labute approximate surface area is 323 Å². The van der Waals surface area contributed by atoms with Gasteiger partial charge in [0.15, 0.2) is 0 Å². The molecular weight excluding hydrogens is 793 g/mol. The molecule has 2 aromatic carbocycles. The molecule has 1 radical (unpaired) electrons. The van der Waals surface area contributed by atoms with Crippen molar-refractivity contribution in [1.29, 1.82) is 0 Å². The summed E-state index contributed by atoms with van der Waals surface area (Å²) in [5, 5.41) is 2.06. The van der Waals surface area contributed by atoms with Gasteiger partial charge in [0.1, 0.15) is 0 Å². The van der Waals surface area contributed by atoms with E-state index in [-0.39, 0.29) is 31.5 Å². The second kappa shape index (κ2) is 14.3. The topological polar surface area (TPSA) is 64.7 Å². The van der Waals surface area contributed by atoms with Crippen molar-refractivity contribution in [1.82, 2.24) is 19.9 Å². The monoisotopic (exact) mass is 850 g/mol. The molecule has 0 aliphatic heterocycles. The fourth-order valence-electron chi connectivity index (χ4n) is 5.60. The number of rotatable bonds is 5. The molecule has 5 aromatic heterocycles. The molecule has 0 spiro atoms. The first kappa shape index (κ1) is 26.8. The van der Waals surface area contributed by atoms with Gasteiger partial charge in [0.2, 0.25) is 5.71 Å². The zero-order valence-electron chi connectivity index (χ0n) is 39.0. The van der Waals surface area contributed by atoms with E-state index in [0.717, 1.165) is 10.9 Å². The van der Waals surface area contributed by atoms with E-state index in [0.29, 0.717) is 55.5 Å². The van der Waals surface area contributed by atoms with E-state index < -0.39 is 42.2 Å². The smallest absolute Gasteiger partial charge is 0.217 e. The Balaban J connectivity index is 0.000000226. The number of hydrogen-bond donors (Lipinski definition) is 0. The normalized spacial score (nSPS) is 16.1. The maximum absolute atomic E-state index is 8.77. The second-order valence-electron chi connectivity index (χ2n) is 15.3. The van der Waals surface area contributed by atoms with Crippen molar-refractivity contribution >= 4 is 33.0 Å². The number of hydrogen-bond acceptors (Lipinski definition) is 5. The number of furan rings is 1. The predicted octanol–water partition coefficient (Wildman–Crippen LogP) is 11.4. The number of aromatic nitrogens is 4. The van der Waals surface area contributed by atoms with Crippen LogP contribution in [0.2, 0.25) is 0 Å². The molecule has 0 amide bonds. The van der Waals surface area contributed by atoms with Gasteiger partial charge in [-0.05, 0) is 87.8 Å². The second-order valence-corrected chi connectivity index (χ2v) is 15.3. The van der Waals surface area contributed by atoms with Crippen molar-refractivity contribution in [3.63, 3.8) is 0 Å². The summed E-state index contributed by atoms with van der Waals surface area (Å²) < 4.78 is 81.3. The Hall–Kier alpha value is -3.99. The Kier molecular flexibility index (Phi) is 7.67. The summed E-state index contributed by atoms with van der Waals surface area (Å²) in [6, 6.07) is 22.0. The van der Waals surface area contributed by atoms with Crippen LogP contribution < -0.4 is 0 Å². The van der Waals surface area contributed by atoms with E-state index in [1.54, 1.807) is 42.7 Å². The van der Waals surface area contributed by atoms with Crippen LogP contribution in [0.3, 0.4) is 0 Å². The summed E-state index contributed by atoms with van der Waals surface area (Å²) in [5.41, 5.74) is 2.84. The molecule has 0 atom stereocenters. The summed E-state index contributed by atoms with van der Waals surface area (Å²) >= 11 is 0. The van der Waals surface area contributed by atoms with Crippen molar-refractivity contribution in [2.24, 2.45) is 16.2 Å². The molecule has 50 heavy (non-hydrogen) atoms. The maximum atomic E-state index is 8.77. The van der Waals surface area contributed by atoms with Crippen LogP contribution in [-0.2, 0) is 39.2 Å². The van der Waals surface area contributed by atoms with Crippen LogP contribution >= 0.6 is 0 Å². The van der Waals surface area contributed by atoms with Crippen LogP contribution in [0, 0.1) is 35.2 Å². The number of benzene rings is 2. The van der Waals surface area contributed by atoms with E-state index in [1.165, 1.54) is 12.3 Å². The van der Waals surface area contributed by atoms with Gasteiger partial charge in [0.05, 0.1) is 5.58 Å². The molecule has 5 heterocycles. The van der Waals surface area contributed by atoms with Crippen molar-refractivity contribution in [2.45, 2.75) is 88.3 Å². The summed E-state index contributed by atoms with van der Waals surface area (Å²) in [6.07, 6.45) is -0.358. The average molecular weight is 850 g/mol. The van der Waals surface area contributed by atoms with Gasteiger partial charge in [-0.15, -0.1) is 48.0 Å². The molecule has 6 heteroatoms. The van der Waals surface area contributed by atoms with Crippen molar-refractivity contribution < 1.29 is 36.9 Å². The van der Waals surface area contributed by atoms with Crippen molar-refractivity contribution in [3.05, 3.63) is 108 Å². The fraction of sp³-hybridized carbons (Fsp3) is 0.364. The minimum atomic E-state index is -2.37. The largest absolute Gasteiger partial charge is 0.486 e. The molecule has 0 saturated heterocycles. The van der Waals surface area contributed by atoms with Gasteiger partial charge in [0, 0.05) is 67.5 Å². The molecule has 7 aromatic rings. The van der Waals surface area contributed by atoms with Gasteiger partial charge in [-0.2, -0.15) is 0 Å². The predicted molar refractivity (Wildman–Crippen MR) is 203 cm³/mol. The first-order chi connectivity index (χ1) is 26.6. The molecule has 0 aliphatic carbocycles. The third-order valence-electron chi connectivity index (χ3n) is 7.32. The van der Waals surface area contributed by atoms with Crippen LogP contribution in [0.4, 0.5) is 0 Å².